The van der Waals surface area contributed by atoms with Gasteiger partial charge in [-0.1, -0.05) is 58.4 Å². The SMILES string of the molecule is Cc1cccc(N(CC(=O)N(Cc2cccc(Br)c2)C(C)C(=O)NC(C)(C)C)S(=O)(=O)c2ccccc2)c1. The van der Waals surface area contributed by atoms with Gasteiger partial charge < -0.3 is 10.2 Å². The van der Waals surface area contributed by atoms with Crippen molar-refractivity contribution in [3.05, 3.63) is 94.5 Å². The van der Waals surface area contributed by atoms with Crippen molar-refractivity contribution in [2.45, 2.75) is 57.6 Å². The molecule has 9 heteroatoms. The Morgan fingerprint density at radius 2 is 1.61 bits per heavy atom. The lowest BCUT2D eigenvalue weighted by molar-refractivity contribution is -0.140. The summed E-state index contributed by atoms with van der Waals surface area (Å²) >= 11 is 3.45. The summed E-state index contributed by atoms with van der Waals surface area (Å²) in [6.45, 7) is 8.76. The molecule has 7 nitrogen and oxygen atoms in total. The zero-order chi connectivity index (χ0) is 28.1. The molecule has 0 radical (unpaired) electrons. The number of benzene rings is 3. The van der Waals surface area contributed by atoms with Gasteiger partial charge in [0.2, 0.25) is 11.8 Å². The number of nitrogens with one attached hydrogen (secondary N) is 1. The molecule has 0 fully saturated rings. The van der Waals surface area contributed by atoms with Crippen LogP contribution in [0.15, 0.2) is 88.2 Å². The summed E-state index contributed by atoms with van der Waals surface area (Å²) in [5.74, 6) is -0.823. The topological polar surface area (TPSA) is 86.8 Å². The highest BCUT2D eigenvalue weighted by atomic mass is 79.9. The van der Waals surface area contributed by atoms with E-state index in [1.165, 1.54) is 17.0 Å². The molecule has 3 aromatic rings. The number of hydrogen-bond donors (Lipinski definition) is 1. The molecule has 3 aromatic carbocycles. The number of amides is 2. The number of sulfonamides is 1. The Labute approximate surface area is 234 Å². The minimum absolute atomic E-state index is 0.0753. The third kappa shape index (κ3) is 7.68. The van der Waals surface area contributed by atoms with Gasteiger partial charge in [0.1, 0.15) is 12.6 Å². The molecule has 0 heterocycles. The predicted molar refractivity (Wildman–Crippen MR) is 154 cm³/mol. The van der Waals surface area contributed by atoms with Gasteiger partial charge in [0.05, 0.1) is 10.6 Å². The summed E-state index contributed by atoms with van der Waals surface area (Å²) in [5, 5.41) is 2.93. The van der Waals surface area contributed by atoms with Gasteiger partial charge in [-0.05, 0) is 82.1 Å². The van der Waals surface area contributed by atoms with E-state index in [9.17, 15) is 18.0 Å². The van der Waals surface area contributed by atoms with Gasteiger partial charge in [0.15, 0.2) is 0 Å². The van der Waals surface area contributed by atoms with Crippen LogP contribution in [0, 0.1) is 6.92 Å². The van der Waals surface area contributed by atoms with E-state index >= 15 is 0 Å². The molecule has 2 amide bonds. The van der Waals surface area contributed by atoms with Gasteiger partial charge in [-0.3, -0.25) is 13.9 Å². The van der Waals surface area contributed by atoms with Crippen LogP contribution in [0.1, 0.15) is 38.8 Å². The summed E-state index contributed by atoms with van der Waals surface area (Å²) < 4.78 is 29.5. The Bertz CT molecular complexity index is 1390. The fourth-order valence-electron chi connectivity index (χ4n) is 3.92. The standard InChI is InChI=1S/C29H34BrN3O4S/c1-21-11-9-14-25(17-21)33(38(36,37)26-15-7-6-8-16-26)20-27(34)32(19-23-12-10-13-24(30)18-23)22(2)28(35)31-29(3,4)5/h6-18,22H,19-20H2,1-5H3,(H,31,35). The average molecular weight is 601 g/mol. The van der Waals surface area contributed by atoms with Crippen LogP contribution >= 0.6 is 15.9 Å². The number of aryl methyl sites for hydroxylation is 1. The molecule has 0 saturated carbocycles. The number of nitrogens with zero attached hydrogens (tertiary/aromatic N) is 2. The second-order valence-electron chi connectivity index (χ2n) is 10.2. The molecular formula is C29H34BrN3O4S. The number of carbonyl (C=O) groups is 2. The van der Waals surface area contributed by atoms with E-state index in [0.717, 1.165) is 19.9 Å². The second kappa shape index (κ2) is 12.1. The van der Waals surface area contributed by atoms with Crippen molar-refractivity contribution in [3.8, 4) is 0 Å². The molecule has 202 valence electrons. The summed E-state index contributed by atoms with van der Waals surface area (Å²) in [5.41, 5.74) is 1.53. The van der Waals surface area contributed by atoms with Gasteiger partial charge in [-0.25, -0.2) is 8.42 Å². The zero-order valence-corrected chi connectivity index (χ0v) is 24.7. The normalized spacial score (nSPS) is 12.5. The maximum absolute atomic E-state index is 13.9. The molecule has 3 rings (SSSR count). The number of anilines is 1. The minimum Gasteiger partial charge on any atom is -0.350 e. The van der Waals surface area contributed by atoms with Gasteiger partial charge >= 0.3 is 0 Å². The Morgan fingerprint density at radius 3 is 2.21 bits per heavy atom. The van der Waals surface area contributed by atoms with Gasteiger partial charge in [-0.2, -0.15) is 0 Å². The van der Waals surface area contributed by atoms with Crippen LogP contribution in [0.2, 0.25) is 0 Å². The highest BCUT2D eigenvalue weighted by molar-refractivity contribution is 9.10. The predicted octanol–water partition coefficient (Wildman–Crippen LogP) is 5.28. The highest BCUT2D eigenvalue weighted by Gasteiger charge is 2.33. The van der Waals surface area contributed by atoms with E-state index < -0.39 is 34.1 Å². The number of carbonyl (C=O) groups excluding carboxylic acids is 2. The second-order valence-corrected chi connectivity index (χ2v) is 13.0. The molecule has 0 aromatic heterocycles. The zero-order valence-electron chi connectivity index (χ0n) is 22.3. The third-order valence-corrected chi connectivity index (χ3v) is 8.09. The van der Waals surface area contributed by atoms with Crippen LogP contribution in [0.25, 0.3) is 0 Å². The van der Waals surface area contributed by atoms with Crippen molar-refractivity contribution in [1.29, 1.82) is 0 Å². The number of hydrogen-bond acceptors (Lipinski definition) is 4. The Balaban J connectivity index is 2.03. The van der Waals surface area contributed by atoms with E-state index in [2.05, 4.69) is 21.2 Å². The Hall–Kier alpha value is -3.17. The summed E-state index contributed by atoms with van der Waals surface area (Å²) in [7, 11) is -4.08. The first kappa shape index (κ1) is 29.4. The summed E-state index contributed by atoms with van der Waals surface area (Å²) in [4.78, 5) is 28.6. The Kier molecular flexibility index (Phi) is 9.38. The fraction of sp³-hybridized carbons (Fsp3) is 0.310. The van der Waals surface area contributed by atoms with Crippen LogP contribution in [-0.4, -0.2) is 43.3 Å². The third-order valence-electron chi connectivity index (χ3n) is 5.81. The molecule has 0 saturated heterocycles. The van der Waals surface area contributed by atoms with Crippen molar-refractivity contribution in [3.63, 3.8) is 0 Å². The Morgan fingerprint density at radius 1 is 0.947 bits per heavy atom. The lowest BCUT2D eigenvalue weighted by Crippen LogP contribution is -2.54. The molecular weight excluding hydrogens is 566 g/mol. The lowest BCUT2D eigenvalue weighted by atomic mass is 10.1. The van der Waals surface area contributed by atoms with E-state index in [1.807, 2.05) is 58.0 Å². The van der Waals surface area contributed by atoms with Gasteiger partial charge in [-0.15, -0.1) is 0 Å². The van der Waals surface area contributed by atoms with Crippen molar-refractivity contribution >= 4 is 43.5 Å². The summed E-state index contributed by atoms with van der Waals surface area (Å²) in [6, 6.07) is 21.6. The molecule has 0 aliphatic rings. The van der Waals surface area contributed by atoms with E-state index in [4.69, 9.17) is 0 Å². The van der Waals surface area contributed by atoms with Crippen molar-refractivity contribution in [2.24, 2.45) is 0 Å². The van der Waals surface area contributed by atoms with Crippen molar-refractivity contribution in [2.75, 3.05) is 10.8 Å². The lowest BCUT2D eigenvalue weighted by Gasteiger charge is -2.33. The maximum Gasteiger partial charge on any atom is 0.264 e. The molecule has 0 aliphatic carbocycles. The maximum atomic E-state index is 13.9. The fourth-order valence-corrected chi connectivity index (χ4v) is 5.79. The first-order valence-electron chi connectivity index (χ1n) is 12.3. The smallest absolute Gasteiger partial charge is 0.264 e. The molecule has 0 spiro atoms. The van der Waals surface area contributed by atoms with Gasteiger partial charge in [0, 0.05) is 16.6 Å². The van der Waals surface area contributed by atoms with Crippen molar-refractivity contribution in [1.82, 2.24) is 10.2 Å². The largest absolute Gasteiger partial charge is 0.350 e. The van der Waals surface area contributed by atoms with Crippen LogP contribution in [-0.2, 0) is 26.2 Å². The molecule has 1 N–H and O–H groups in total. The average Bonchev–Trinajstić information content (AvgIpc) is 2.84. The first-order chi connectivity index (χ1) is 17.8. The molecule has 1 unspecified atom stereocenters. The van der Waals surface area contributed by atoms with Crippen LogP contribution < -0.4 is 9.62 Å². The number of halogens is 1. The molecule has 38 heavy (non-hydrogen) atoms. The highest BCUT2D eigenvalue weighted by Crippen LogP contribution is 2.25. The molecule has 1 atom stereocenters. The van der Waals surface area contributed by atoms with Gasteiger partial charge in [0.25, 0.3) is 10.0 Å². The van der Waals surface area contributed by atoms with Crippen LogP contribution in [0.3, 0.4) is 0 Å². The monoisotopic (exact) mass is 599 g/mol. The summed E-state index contributed by atoms with van der Waals surface area (Å²) in [6.07, 6.45) is 0. The van der Waals surface area contributed by atoms with Crippen molar-refractivity contribution < 1.29 is 18.0 Å². The first-order valence-corrected chi connectivity index (χ1v) is 14.5. The van der Waals surface area contributed by atoms with E-state index in [1.54, 1.807) is 43.3 Å². The molecule has 0 aliphatic heterocycles. The van der Waals surface area contributed by atoms with Crippen LogP contribution in [0.5, 0.6) is 0 Å². The number of rotatable bonds is 9. The molecule has 0 bridgehead atoms. The quantitative estimate of drug-likeness (QED) is 0.362. The van der Waals surface area contributed by atoms with E-state index in [-0.39, 0.29) is 17.3 Å². The minimum atomic E-state index is -4.08. The van der Waals surface area contributed by atoms with Crippen LogP contribution in [0.4, 0.5) is 5.69 Å². The van der Waals surface area contributed by atoms with E-state index in [0.29, 0.717) is 5.69 Å².